The van der Waals surface area contributed by atoms with E-state index in [-0.39, 0.29) is 18.4 Å². The summed E-state index contributed by atoms with van der Waals surface area (Å²) in [5.41, 5.74) is 0.184. The predicted octanol–water partition coefficient (Wildman–Crippen LogP) is 3.00. The molecule has 3 rings (SSSR count). The van der Waals surface area contributed by atoms with E-state index in [1.165, 1.54) is 0 Å². The second-order valence-electron chi connectivity index (χ2n) is 6.60. The summed E-state index contributed by atoms with van der Waals surface area (Å²) in [6, 6.07) is 7.75. The number of ether oxygens (including phenoxy) is 1. The first-order valence-corrected chi connectivity index (χ1v) is 8.23. The molecule has 1 atom stereocenters. The van der Waals surface area contributed by atoms with Crippen molar-refractivity contribution in [3.8, 4) is 5.75 Å². The molecule has 5 heteroatoms. The molecule has 0 bridgehead atoms. The first-order valence-electron chi connectivity index (χ1n) is 8.23. The summed E-state index contributed by atoms with van der Waals surface area (Å²) >= 11 is 0. The minimum Gasteiger partial charge on any atom is -0.496 e. The second kappa shape index (κ2) is 6.22. The van der Waals surface area contributed by atoms with Gasteiger partial charge in [0.2, 0.25) is 5.91 Å². The molecular weight excluding hydrogens is 294 g/mol. The van der Waals surface area contributed by atoms with Crippen LogP contribution in [0.1, 0.15) is 50.1 Å². The summed E-state index contributed by atoms with van der Waals surface area (Å²) < 4.78 is 5.43. The van der Waals surface area contributed by atoms with Crippen molar-refractivity contribution < 1.29 is 19.4 Å². The first kappa shape index (κ1) is 15.8. The van der Waals surface area contributed by atoms with Gasteiger partial charge in [-0.05, 0) is 31.7 Å². The Bertz CT molecular complexity index is 609. The summed E-state index contributed by atoms with van der Waals surface area (Å²) in [6.07, 6.45) is 4.08. The van der Waals surface area contributed by atoms with Crippen molar-refractivity contribution in [2.45, 2.75) is 44.6 Å². The van der Waals surface area contributed by atoms with Crippen molar-refractivity contribution in [2.75, 3.05) is 13.7 Å². The van der Waals surface area contributed by atoms with Gasteiger partial charge in [-0.15, -0.1) is 0 Å². The van der Waals surface area contributed by atoms with Crippen LogP contribution in [0.25, 0.3) is 0 Å². The molecule has 0 spiro atoms. The van der Waals surface area contributed by atoms with Crippen molar-refractivity contribution in [1.82, 2.24) is 4.90 Å². The minimum atomic E-state index is -0.829. The van der Waals surface area contributed by atoms with Gasteiger partial charge in [0.15, 0.2) is 0 Å². The Morgan fingerprint density at radius 3 is 2.65 bits per heavy atom. The van der Waals surface area contributed by atoms with E-state index in [2.05, 4.69) is 0 Å². The van der Waals surface area contributed by atoms with Crippen LogP contribution in [0.4, 0.5) is 0 Å². The number of amides is 1. The van der Waals surface area contributed by atoms with Crippen molar-refractivity contribution in [3.05, 3.63) is 29.8 Å². The minimum absolute atomic E-state index is 0.00966. The van der Waals surface area contributed by atoms with Gasteiger partial charge in [-0.1, -0.05) is 24.6 Å². The molecule has 5 nitrogen and oxygen atoms in total. The predicted molar refractivity (Wildman–Crippen MR) is 85.2 cm³/mol. The zero-order valence-corrected chi connectivity index (χ0v) is 13.5. The Kier molecular flexibility index (Phi) is 4.28. The molecule has 1 saturated carbocycles. The monoisotopic (exact) mass is 317 g/mol. The van der Waals surface area contributed by atoms with Gasteiger partial charge in [0.05, 0.1) is 18.6 Å². The molecule has 2 aliphatic rings. The Morgan fingerprint density at radius 1 is 1.30 bits per heavy atom. The molecule has 0 radical (unpaired) electrons. The number of hydrogen-bond donors (Lipinski definition) is 1. The number of likely N-dealkylation sites (tertiary alicyclic amines) is 1. The lowest BCUT2D eigenvalue weighted by Gasteiger charge is -2.38. The van der Waals surface area contributed by atoms with E-state index in [4.69, 9.17) is 4.74 Å². The van der Waals surface area contributed by atoms with Crippen LogP contribution in [0, 0.1) is 5.41 Å². The topological polar surface area (TPSA) is 66.8 Å². The number of methoxy groups -OCH3 is 1. The molecule has 1 aliphatic heterocycles. The summed E-state index contributed by atoms with van der Waals surface area (Å²) in [4.78, 5) is 26.1. The van der Waals surface area contributed by atoms with Crippen LogP contribution in [0.2, 0.25) is 0 Å². The van der Waals surface area contributed by atoms with Gasteiger partial charge < -0.3 is 14.7 Å². The summed E-state index contributed by atoms with van der Waals surface area (Å²) in [5.74, 6) is -0.0839. The summed E-state index contributed by atoms with van der Waals surface area (Å²) in [5, 5.41) is 9.45. The highest BCUT2D eigenvalue weighted by atomic mass is 16.5. The van der Waals surface area contributed by atoms with Gasteiger partial charge in [0.25, 0.3) is 0 Å². The molecule has 2 fully saturated rings. The van der Waals surface area contributed by atoms with E-state index in [1.54, 1.807) is 7.11 Å². The van der Waals surface area contributed by atoms with Crippen LogP contribution in [-0.2, 0) is 9.59 Å². The van der Waals surface area contributed by atoms with E-state index in [9.17, 15) is 14.7 Å². The lowest BCUT2D eigenvalue weighted by molar-refractivity contribution is -0.159. The van der Waals surface area contributed by atoms with Crippen molar-refractivity contribution >= 4 is 11.9 Å². The molecular formula is C18H23NO4. The Balaban J connectivity index is 1.79. The van der Waals surface area contributed by atoms with Gasteiger partial charge in [0, 0.05) is 18.5 Å². The lowest BCUT2D eigenvalue weighted by Crippen LogP contribution is -2.43. The number of rotatable bonds is 5. The average molecular weight is 317 g/mol. The SMILES string of the molecule is COc1ccccc1C1CCCN1C(=O)CC1(C(=O)O)CCC1. The van der Waals surface area contributed by atoms with Crippen LogP contribution >= 0.6 is 0 Å². The number of carboxylic acids is 1. The Hall–Kier alpha value is -2.04. The van der Waals surface area contributed by atoms with E-state index in [0.29, 0.717) is 19.4 Å². The number of aliphatic carboxylic acids is 1. The number of carbonyl (C=O) groups is 2. The normalized spacial score (nSPS) is 22.5. The fraction of sp³-hybridized carbons (Fsp3) is 0.556. The van der Waals surface area contributed by atoms with E-state index in [0.717, 1.165) is 30.6 Å². The Morgan fingerprint density at radius 2 is 2.04 bits per heavy atom. The Labute approximate surface area is 136 Å². The lowest BCUT2D eigenvalue weighted by atomic mass is 9.66. The fourth-order valence-electron chi connectivity index (χ4n) is 3.79. The number of nitrogens with zero attached hydrogens (tertiary/aromatic N) is 1. The summed E-state index contributed by atoms with van der Waals surface area (Å²) in [6.45, 7) is 0.692. The maximum absolute atomic E-state index is 12.8. The van der Waals surface area contributed by atoms with Crippen molar-refractivity contribution in [3.63, 3.8) is 0 Å². The average Bonchev–Trinajstić information content (AvgIpc) is 2.99. The first-order chi connectivity index (χ1) is 11.1. The third-order valence-corrected chi connectivity index (χ3v) is 5.33. The van der Waals surface area contributed by atoms with E-state index < -0.39 is 11.4 Å². The molecule has 0 aromatic heterocycles. The smallest absolute Gasteiger partial charge is 0.310 e. The molecule has 1 saturated heterocycles. The molecule has 1 unspecified atom stereocenters. The van der Waals surface area contributed by atoms with Crippen LogP contribution in [0.5, 0.6) is 5.75 Å². The number of benzene rings is 1. The molecule has 1 heterocycles. The standard InChI is InChI=1S/C18H23NO4/c1-23-15-8-3-2-6-13(15)14-7-4-11-19(14)16(20)12-18(17(21)22)9-5-10-18/h2-3,6,8,14H,4-5,7,9-12H2,1H3,(H,21,22). The molecule has 1 aromatic rings. The number of hydrogen-bond acceptors (Lipinski definition) is 3. The number of carboxylic acid groups (broad SMARTS) is 1. The van der Waals surface area contributed by atoms with Gasteiger partial charge in [-0.2, -0.15) is 0 Å². The third kappa shape index (κ3) is 2.80. The highest BCUT2D eigenvalue weighted by molar-refractivity contribution is 5.86. The van der Waals surface area contributed by atoms with Crippen LogP contribution in [0.3, 0.4) is 0 Å². The van der Waals surface area contributed by atoms with Gasteiger partial charge in [-0.3, -0.25) is 9.59 Å². The number of para-hydroxylation sites is 1. The largest absolute Gasteiger partial charge is 0.496 e. The van der Waals surface area contributed by atoms with E-state index in [1.807, 2.05) is 29.2 Å². The zero-order valence-electron chi connectivity index (χ0n) is 13.5. The van der Waals surface area contributed by atoms with Crippen LogP contribution in [-0.4, -0.2) is 35.5 Å². The zero-order chi connectivity index (χ0) is 16.4. The van der Waals surface area contributed by atoms with Crippen LogP contribution in [0.15, 0.2) is 24.3 Å². The number of carbonyl (C=O) groups excluding carboxylic acids is 1. The van der Waals surface area contributed by atoms with Crippen LogP contribution < -0.4 is 4.74 Å². The van der Waals surface area contributed by atoms with Gasteiger partial charge in [-0.25, -0.2) is 0 Å². The van der Waals surface area contributed by atoms with Crippen molar-refractivity contribution in [2.24, 2.45) is 5.41 Å². The highest BCUT2D eigenvalue weighted by Crippen LogP contribution is 2.46. The molecule has 1 aliphatic carbocycles. The molecule has 23 heavy (non-hydrogen) atoms. The quantitative estimate of drug-likeness (QED) is 0.906. The van der Waals surface area contributed by atoms with Crippen molar-refractivity contribution in [1.29, 1.82) is 0 Å². The van der Waals surface area contributed by atoms with Gasteiger partial charge in [0.1, 0.15) is 5.75 Å². The fourth-order valence-corrected chi connectivity index (χ4v) is 3.79. The van der Waals surface area contributed by atoms with E-state index >= 15 is 0 Å². The third-order valence-electron chi connectivity index (χ3n) is 5.33. The molecule has 124 valence electrons. The summed E-state index contributed by atoms with van der Waals surface area (Å²) in [7, 11) is 1.63. The molecule has 1 aromatic carbocycles. The van der Waals surface area contributed by atoms with Gasteiger partial charge >= 0.3 is 5.97 Å². The molecule has 1 N–H and O–H groups in total. The second-order valence-corrected chi connectivity index (χ2v) is 6.60. The maximum Gasteiger partial charge on any atom is 0.310 e. The highest BCUT2D eigenvalue weighted by Gasteiger charge is 2.47. The maximum atomic E-state index is 12.8. The molecule has 1 amide bonds.